The molecule has 0 amide bonds. The average Bonchev–Trinajstić information content (AvgIpc) is 3.31. The molecule has 150 valence electrons. The first-order valence-corrected chi connectivity index (χ1v) is 10.2. The topological polar surface area (TPSA) is 82.3 Å². The Morgan fingerprint density at radius 2 is 1.93 bits per heavy atom. The van der Waals surface area contributed by atoms with Crippen LogP contribution in [0.25, 0.3) is 27.8 Å². The second-order valence-electron chi connectivity index (χ2n) is 8.61. The van der Waals surface area contributed by atoms with E-state index in [1.54, 1.807) is 0 Å². The monoisotopic (exact) mass is 390 g/mol. The molecule has 1 fully saturated rings. The van der Waals surface area contributed by atoms with Crippen molar-refractivity contribution in [3.05, 3.63) is 42.2 Å². The fraction of sp³-hybridized carbons (Fsp3) is 0.409. The van der Waals surface area contributed by atoms with E-state index in [-0.39, 0.29) is 0 Å². The number of H-pyrrole nitrogens is 1. The average molecular weight is 390 g/mol. The van der Waals surface area contributed by atoms with E-state index < -0.39 is 5.60 Å². The number of aromatic nitrogens is 5. The normalized spacial score (nSPS) is 16.9. The van der Waals surface area contributed by atoms with Gasteiger partial charge >= 0.3 is 0 Å². The van der Waals surface area contributed by atoms with Crippen molar-refractivity contribution >= 4 is 22.4 Å². The van der Waals surface area contributed by atoms with Gasteiger partial charge in [-0.25, -0.2) is 9.50 Å². The Kier molecular flexibility index (Phi) is 4.10. The largest absolute Gasteiger partial charge is 0.390 e. The van der Waals surface area contributed by atoms with Crippen molar-refractivity contribution in [1.29, 1.82) is 0 Å². The quantitative estimate of drug-likeness (QED) is 0.557. The van der Waals surface area contributed by atoms with Crippen molar-refractivity contribution in [2.75, 3.05) is 18.0 Å². The first-order valence-electron chi connectivity index (χ1n) is 10.2. The molecule has 0 bridgehead atoms. The predicted molar refractivity (Wildman–Crippen MR) is 114 cm³/mol. The zero-order valence-corrected chi connectivity index (χ0v) is 17.1. The van der Waals surface area contributed by atoms with Crippen molar-refractivity contribution in [2.24, 2.45) is 0 Å². The van der Waals surface area contributed by atoms with Gasteiger partial charge in [-0.1, -0.05) is 19.9 Å². The number of imidazole rings is 1. The summed E-state index contributed by atoms with van der Waals surface area (Å²) in [6, 6.07) is 10.3. The molecule has 3 aromatic heterocycles. The second kappa shape index (κ2) is 6.56. The maximum Gasteiger partial charge on any atom is 0.154 e. The molecule has 29 heavy (non-hydrogen) atoms. The molecule has 5 rings (SSSR count). The van der Waals surface area contributed by atoms with E-state index in [1.165, 1.54) is 0 Å². The predicted octanol–water partition coefficient (Wildman–Crippen LogP) is 3.75. The van der Waals surface area contributed by atoms with Crippen LogP contribution in [-0.4, -0.2) is 48.6 Å². The van der Waals surface area contributed by atoms with Crippen LogP contribution in [0, 0.1) is 0 Å². The Labute approximate surface area is 169 Å². The van der Waals surface area contributed by atoms with Gasteiger partial charge in [0.2, 0.25) is 0 Å². The lowest BCUT2D eigenvalue weighted by Gasteiger charge is -2.36. The summed E-state index contributed by atoms with van der Waals surface area (Å²) in [6.07, 6.45) is 3.38. The number of nitrogens with one attached hydrogen (secondary N) is 1. The van der Waals surface area contributed by atoms with Crippen molar-refractivity contribution in [1.82, 2.24) is 24.8 Å². The van der Waals surface area contributed by atoms with Crippen LogP contribution in [0.4, 0.5) is 5.82 Å². The fourth-order valence-corrected chi connectivity index (χ4v) is 4.08. The molecule has 1 aliphatic rings. The van der Waals surface area contributed by atoms with Crippen LogP contribution in [0.1, 0.15) is 45.2 Å². The molecule has 0 radical (unpaired) electrons. The zero-order valence-electron chi connectivity index (χ0n) is 17.1. The Morgan fingerprint density at radius 3 is 2.69 bits per heavy atom. The highest BCUT2D eigenvalue weighted by atomic mass is 16.3. The van der Waals surface area contributed by atoms with Crippen LogP contribution in [0.3, 0.4) is 0 Å². The maximum absolute atomic E-state index is 10.2. The summed E-state index contributed by atoms with van der Waals surface area (Å²) >= 11 is 0. The first kappa shape index (κ1) is 18.1. The molecule has 0 aliphatic carbocycles. The molecular weight excluding hydrogens is 364 g/mol. The van der Waals surface area contributed by atoms with E-state index in [0.29, 0.717) is 5.92 Å². The number of aliphatic hydroxyl groups is 1. The molecule has 1 saturated heterocycles. The summed E-state index contributed by atoms with van der Waals surface area (Å²) < 4.78 is 1.92. The van der Waals surface area contributed by atoms with Gasteiger partial charge in [0.15, 0.2) is 5.65 Å². The summed E-state index contributed by atoms with van der Waals surface area (Å²) in [4.78, 5) is 6.78. The Balaban J connectivity index is 1.55. The fourth-order valence-electron chi connectivity index (χ4n) is 4.08. The van der Waals surface area contributed by atoms with Crippen molar-refractivity contribution in [3.8, 4) is 11.3 Å². The molecule has 0 atom stereocenters. The van der Waals surface area contributed by atoms with Gasteiger partial charge in [0, 0.05) is 24.0 Å². The number of rotatable bonds is 3. The molecule has 1 aliphatic heterocycles. The summed E-state index contributed by atoms with van der Waals surface area (Å²) in [5.41, 5.74) is 4.40. The van der Waals surface area contributed by atoms with Crippen LogP contribution in [0.5, 0.6) is 0 Å². The van der Waals surface area contributed by atoms with E-state index in [4.69, 9.17) is 5.10 Å². The number of benzene rings is 1. The van der Waals surface area contributed by atoms with E-state index in [0.717, 1.165) is 65.3 Å². The van der Waals surface area contributed by atoms with Gasteiger partial charge < -0.3 is 10.0 Å². The summed E-state index contributed by atoms with van der Waals surface area (Å²) in [5, 5.41) is 23.9. The van der Waals surface area contributed by atoms with Crippen LogP contribution in [0.15, 0.2) is 36.5 Å². The lowest BCUT2D eigenvalue weighted by molar-refractivity contribution is 0.0350. The minimum atomic E-state index is -0.575. The van der Waals surface area contributed by atoms with Gasteiger partial charge in [-0.2, -0.15) is 5.10 Å². The molecule has 0 unspecified atom stereocenters. The molecule has 1 aromatic carbocycles. The minimum Gasteiger partial charge on any atom is -0.390 e. The van der Waals surface area contributed by atoms with Gasteiger partial charge in [0.1, 0.15) is 5.82 Å². The lowest BCUT2D eigenvalue weighted by atomic mass is 9.94. The third-order valence-corrected chi connectivity index (χ3v) is 5.95. The molecule has 2 N–H and O–H groups in total. The molecule has 0 spiro atoms. The van der Waals surface area contributed by atoms with E-state index in [9.17, 15) is 5.11 Å². The molecule has 7 nitrogen and oxygen atoms in total. The maximum atomic E-state index is 10.2. The van der Waals surface area contributed by atoms with E-state index >= 15 is 0 Å². The molecule has 4 aromatic rings. The Hall–Kier alpha value is -2.93. The summed E-state index contributed by atoms with van der Waals surface area (Å²) in [6.45, 7) is 7.82. The lowest BCUT2D eigenvalue weighted by Crippen LogP contribution is -2.42. The zero-order chi connectivity index (χ0) is 20.2. The van der Waals surface area contributed by atoms with Gasteiger partial charge in [-0.15, -0.1) is 5.10 Å². The van der Waals surface area contributed by atoms with E-state index in [1.807, 2.05) is 29.8 Å². The molecule has 0 saturated carbocycles. The number of hydrogen-bond acceptors (Lipinski definition) is 5. The summed E-state index contributed by atoms with van der Waals surface area (Å²) in [7, 11) is 0. The second-order valence-corrected chi connectivity index (χ2v) is 8.61. The number of hydrogen-bond donors (Lipinski definition) is 2. The van der Waals surface area contributed by atoms with Crippen molar-refractivity contribution in [3.63, 3.8) is 0 Å². The summed E-state index contributed by atoms with van der Waals surface area (Å²) in [5.74, 6) is 1.27. The number of nitrogens with zero attached hydrogens (tertiary/aromatic N) is 5. The third kappa shape index (κ3) is 3.15. The van der Waals surface area contributed by atoms with E-state index in [2.05, 4.69) is 52.1 Å². The highest BCUT2D eigenvalue weighted by Crippen LogP contribution is 2.30. The number of piperidine rings is 1. The van der Waals surface area contributed by atoms with Gasteiger partial charge in [0.25, 0.3) is 0 Å². The molecule has 7 heteroatoms. The number of anilines is 1. The minimum absolute atomic E-state index is 0.349. The smallest absolute Gasteiger partial charge is 0.154 e. The highest BCUT2D eigenvalue weighted by Gasteiger charge is 2.28. The SMILES string of the molecule is CC(C)c1n[nH]c2ccc(-c3cnc4ccc(N5CCC(C)(O)CC5)nn34)cc12. The molecular formula is C22H26N6O. The van der Waals surface area contributed by atoms with Gasteiger partial charge in [-0.05, 0) is 49.9 Å². The standard InChI is InChI=1S/C22H26N6O/c1-14(2)21-16-12-15(4-5-17(16)24-25-21)18-13-23-19-6-7-20(26-28(18)19)27-10-8-22(3,29)9-11-27/h4-7,12-14,29H,8-11H2,1-3H3,(H,24,25). The highest BCUT2D eigenvalue weighted by molar-refractivity contribution is 5.86. The Bertz CT molecular complexity index is 1180. The third-order valence-electron chi connectivity index (χ3n) is 5.95. The number of fused-ring (bicyclic) bond motifs is 2. The van der Waals surface area contributed by atoms with Gasteiger partial charge in [-0.3, -0.25) is 5.10 Å². The van der Waals surface area contributed by atoms with Crippen LogP contribution >= 0.6 is 0 Å². The van der Waals surface area contributed by atoms with Crippen molar-refractivity contribution in [2.45, 2.75) is 45.1 Å². The molecule has 4 heterocycles. The number of aromatic amines is 1. The van der Waals surface area contributed by atoms with Gasteiger partial charge in [0.05, 0.1) is 28.7 Å². The van der Waals surface area contributed by atoms with Crippen LogP contribution < -0.4 is 4.90 Å². The van der Waals surface area contributed by atoms with Crippen LogP contribution in [0.2, 0.25) is 0 Å². The van der Waals surface area contributed by atoms with Crippen LogP contribution in [-0.2, 0) is 0 Å². The first-order chi connectivity index (χ1) is 13.9. The Morgan fingerprint density at radius 1 is 1.14 bits per heavy atom. The van der Waals surface area contributed by atoms with Crippen molar-refractivity contribution < 1.29 is 5.11 Å².